The maximum atomic E-state index is 4.89. The van der Waals surface area contributed by atoms with Gasteiger partial charge in [-0.2, -0.15) is 0 Å². The molecule has 0 bridgehead atoms. The van der Waals surface area contributed by atoms with E-state index in [9.17, 15) is 0 Å². The molecule has 0 amide bonds. The quantitative estimate of drug-likeness (QED) is 0.681. The molecule has 1 saturated heterocycles. The standard InChI is InChI=1S/C21H26N6S/c1-15(16-3-4-20-19(11-16)23-14-28-20)26-7-9-27(10-8-26)21-22-12-17-13-25(2)6-5-18(17)24-21/h3-4,11-12,14-15H,5-10,13H2,1-2H3. The van der Waals surface area contributed by atoms with E-state index < -0.39 is 0 Å². The number of rotatable bonds is 3. The van der Waals surface area contributed by atoms with Crippen molar-refractivity contribution in [1.82, 2.24) is 24.8 Å². The van der Waals surface area contributed by atoms with Crippen LogP contribution in [-0.2, 0) is 13.0 Å². The summed E-state index contributed by atoms with van der Waals surface area (Å²) in [6.45, 7) is 8.35. The van der Waals surface area contributed by atoms with Crippen molar-refractivity contribution in [3.05, 3.63) is 46.7 Å². The lowest BCUT2D eigenvalue weighted by atomic mass is 10.1. The number of hydrogen-bond acceptors (Lipinski definition) is 7. The monoisotopic (exact) mass is 394 g/mol. The Bertz CT molecular complexity index is 978. The lowest BCUT2D eigenvalue weighted by Gasteiger charge is -2.38. The van der Waals surface area contributed by atoms with Gasteiger partial charge in [0.05, 0.1) is 21.4 Å². The van der Waals surface area contributed by atoms with Crippen molar-refractivity contribution in [2.24, 2.45) is 0 Å². The molecule has 146 valence electrons. The van der Waals surface area contributed by atoms with Crippen LogP contribution in [0.3, 0.4) is 0 Å². The van der Waals surface area contributed by atoms with E-state index in [1.807, 2.05) is 11.7 Å². The minimum atomic E-state index is 0.397. The van der Waals surface area contributed by atoms with Crippen LogP contribution in [0.15, 0.2) is 29.9 Å². The number of anilines is 1. The molecule has 3 aromatic rings. The third-order valence-electron chi connectivity index (χ3n) is 6.09. The third kappa shape index (κ3) is 3.38. The summed E-state index contributed by atoms with van der Waals surface area (Å²) in [4.78, 5) is 21.2. The van der Waals surface area contributed by atoms with Crippen molar-refractivity contribution >= 4 is 27.5 Å². The van der Waals surface area contributed by atoms with Gasteiger partial charge in [0.2, 0.25) is 5.95 Å². The van der Waals surface area contributed by atoms with Gasteiger partial charge in [0.15, 0.2) is 0 Å². The molecule has 5 rings (SSSR count). The third-order valence-corrected chi connectivity index (χ3v) is 6.90. The van der Waals surface area contributed by atoms with Crippen LogP contribution < -0.4 is 4.90 Å². The second-order valence-corrected chi connectivity index (χ2v) is 8.79. The smallest absolute Gasteiger partial charge is 0.225 e. The van der Waals surface area contributed by atoms with Gasteiger partial charge in [-0.1, -0.05) is 6.07 Å². The van der Waals surface area contributed by atoms with E-state index in [0.717, 1.165) is 57.2 Å². The van der Waals surface area contributed by atoms with E-state index in [2.05, 4.69) is 56.8 Å². The summed E-state index contributed by atoms with van der Waals surface area (Å²) in [7, 11) is 2.16. The predicted octanol–water partition coefficient (Wildman–Crippen LogP) is 2.96. The summed E-state index contributed by atoms with van der Waals surface area (Å²) in [5.74, 6) is 0.902. The van der Waals surface area contributed by atoms with Crippen LogP contribution >= 0.6 is 11.3 Å². The molecule has 7 heteroatoms. The first kappa shape index (κ1) is 18.0. The molecule has 0 spiro atoms. The molecule has 2 aliphatic rings. The Labute approximate surface area is 169 Å². The molecule has 1 aromatic carbocycles. The SMILES string of the molecule is CC(c1ccc2scnc2c1)N1CCN(c2ncc3c(n2)CCN(C)C3)CC1. The van der Waals surface area contributed by atoms with Crippen LogP contribution in [0.5, 0.6) is 0 Å². The zero-order chi connectivity index (χ0) is 19.1. The second-order valence-electron chi connectivity index (χ2n) is 7.91. The normalized spacial score (nSPS) is 19.7. The lowest BCUT2D eigenvalue weighted by molar-refractivity contribution is 0.198. The van der Waals surface area contributed by atoms with E-state index in [0.29, 0.717) is 6.04 Å². The van der Waals surface area contributed by atoms with Crippen molar-refractivity contribution in [3.63, 3.8) is 0 Å². The van der Waals surface area contributed by atoms with E-state index in [4.69, 9.17) is 4.98 Å². The maximum Gasteiger partial charge on any atom is 0.225 e. The zero-order valence-corrected chi connectivity index (χ0v) is 17.3. The summed E-state index contributed by atoms with van der Waals surface area (Å²) in [5, 5.41) is 0. The average molecular weight is 395 g/mol. The molecule has 1 unspecified atom stereocenters. The molecule has 0 saturated carbocycles. The van der Waals surface area contributed by atoms with Gasteiger partial charge in [0.25, 0.3) is 0 Å². The molecule has 1 atom stereocenters. The largest absolute Gasteiger partial charge is 0.338 e. The summed E-state index contributed by atoms with van der Waals surface area (Å²) in [5.41, 5.74) is 6.90. The number of benzene rings is 1. The number of hydrogen-bond donors (Lipinski definition) is 0. The van der Waals surface area contributed by atoms with Crippen LogP contribution in [0.4, 0.5) is 5.95 Å². The highest BCUT2D eigenvalue weighted by atomic mass is 32.1. The molecular weight excluding hydrogens is 368 g/mol. The van der Waals surface area contributed by atoms with Gasteiger partial charge < -0.3 is 9.80 Å². The first-order chi connectivity index (χ1) is 13.7. The molecule has 28 heavy (non-hydrogen) atoms. The summed E-state index contributed by atoms with van der Waals surface area (Å²) < 4.78 is 1.26. The van der Waals surface area contributed by atoms with E-state index in [1.165, 1.54) is 21.5 Å². The van der Waals surface area contributed by atoms with Crippen molar-refractivity contribution in [2.45, 2.75) is 25.9 Å². The maximum absolute atomic E-state index is 4.89. The van der Waals surface area contributed by atoms with Gasteiger partial charge in [-0.3, -0.25) is 4.90 Å². The highest BCUT2D eigenvalue weighted by Gasteiger charge is 2.25. The van der Waals surface area contributed by atoms with Crippen LogP contribution in [0.2, 0.25) is 0 Å². The fourth-order valence-corrected chi connectivity index (χ4v) is 4.91. The van der Waals surface area contributed by atoms with Gasteiger partial charge in [0, 0.05) is 63.5 Å². The minimum Gasteiger partial charge on any atom is -0.338 e. The molecule has 4 heterocycles. The fourth-order valence-electron chi connectivity index (χ4n) is 4.25. The Hall–Kier alpha value is -2.09. The van der Waals surface area contributed by atoms with Crippen molar-refractivity contribution in [2.75, 3.05) is 44.7 Å². The Morgan fingerprint density at radius 3 is 2.79 bits per heavy atom. The van der Waals surface area contributed by atoms with Gasteiger partial charge >= 0.3 is 0 Å². The van der Waals surface area contributed by atoms with E-state index in [1.54, 1.807) is 11.3 Å². The molecule has 1 fully saturated rings. The van der Waals surface area contributed by atoms with Crippen molar-refractivity contribution in [3.8, 4) is 0 Å². The van der Waals surface area contributed by atoms with Gasteiger partial charge in [0.1, 0.15) is 0 Å². The summed E-state index contributed by atoms with van der Waals surface area (Å²) in [6.07, 6.45) is 3.06. The average Bonchev–Trinajstić information content (AvgIpc) is 3.21. The Morgan fingerprint density at radius 1 is 1.07 bits per heavy atom. The molecule has 0 radical (unpaired) electrons. The zero-order valence-electron chi connectivity index (χ0n) is 16.5. The number of thiazole rings is 1. The molecule has 2 aromatic heterocycles. The number of piperazine rings is 1. The predicted molar refractivity (Wildman–Crippen MR) is 114 cm³/mol. The topological polar surface area (TPSA) is 48.4 Å². The number of nitrogens with zero attached hydrogens (tertiary/aromatic N) is 6. The fraction of sp³-hybridized carbons (Fsp3) is 0.476. The highest BCUT2D eigenvalue weighted by Crippen LogP contribution is 2.27. The first-order valence-electron chi connectivity index (χ1n) is 10.0. The summed E-state index contributed by atoms with van der Waals surface area (Å²) in [6, 6.07) is 7.09. The number of likely N-dealkylation sites (N-methyl/N-ethyl adjacent to an activating group) is 1. The minimum absolute atomic E-state index is 0.397. The van der Waals surface area contributed by atoms with Gasteiger partial charge in [-0.05, 0) is 31.7 Å². The van der Waals surface area contributed by atoms with Gasteiger partial charge in [-0.25, -0.2) is 15.0 Å². The van der Waals surface area contributed by atoms with Crippen LogP contribution in [-0.4, -0.2) is 64.5 Å². The highest BCUT2D eigenvalue weighted by molar-refractivity contribution is 7.16. The van der Waals surface area contributed by atoms with Crippen LogP contribution in [0, 0.1) is 0 Å². The number of aromatic nitrogens is 3. The van der Waals surface area contributed by atoms with Crippen molar-refractivity contribution in [1.29, 1.82) is 0 Å². The Balaban J connectivity index is 1.26. The molecule has 0 aliphatic carbocycles. The van der Waals surface area contributed by atoms with E-state index >= 15 is 0 Å². The lowest BCUT2D eigenvalue weighted by Crippen LogP contribution is -2.47. The molecule has 2 aliphatic heterocycles. The van der Waals surface area contributed by atoms with E-state index in [-0.39, 0.29) is 0 Å². The second kappa shape index (κ2) is 7.39. The summed E-state index contributed by atoms with van der Waals surface area (Å²) >= 11 is 1.70. The molecular formula is C21H26N6S. The van der Waals surface area contributed by atoms with Crippen molar-refractivity contribution < 1.29 is 0 Å². The first-order valence-corrected chi connectivity index (χ1v) is 10.9. The van der Waals surface area contributed by atoms with Crippen LogP contribution in [0.1, 0.15) is 29.8 Å². The Morgan fingerprint density at radius 2 is 1.93 bits per heavy atom. The van der Waals surface area contributed by atoms with Gasteiger partial charge in [-0.15, -0.1) is 11.3 Å². The molecule has 6 nitrogen and oxygen atoms in total. The Kier molecular flexibility index (Phi) is 4.74. The number of fused-ring (bicyclic) bond motifs is 2. The van der Waals surface area contributed by atoms with Crippen LogP contribution in [0.25, 0.3) is 10.2 Å². The molecule has 0 N–H and O–H groups in total.